The van der Waals surface area contributed by atoms with Crippen molar-refractivity contribution in [1.82, 2.24) is 19.3 Å². The first-order valence-electron chi connectivity index (χ1n) is 10.8. The van der Waals surface area contributed by atoms with Crippen molar-refractivity contribution in [3.05, 3.63) is 62.0 Å². The molecule has 1 amide bonds. The van der Waals surface area contributed by atoms with Crippen molar-refractivity contribution in [3.63, 3.8) is 0 Å². The van der Waals surface area contributed by atoms with Gasteiger partial charge < -0.3 is 5.32 Å². The Labute approximate surface area is 200 Å². The Balaban J connectivity index is 1.54. The van der Waals surface area contributed by atoms with Gasteiger partial charge >= 0.3 is 0 Å². The van der Waals surface area contributed by atoms with Gasteiger partial charge in [0, 0.05) is 11.4 Å². The second kappa shape index (κ2) is 9.15. The number of carbonyl (C=O) groups is 1. The number of nitrogens with zero attached hydrogens (tertiary/aromatic N) is 4. The van der Waals surface area contributed by atoms with E-state index in [9.17, 15) is 9.59 Å². The molecule has 7 nitrogen and oxygen atoms in total. The zero-order valence-corrected chi connectivity index (χ0v) is 21.3. The molecule has 172 valence electrons. The first kappa shape index (κ1) is 23.3. The number of nitrogens with one attached hydrogen (secondary N) is 1. The molecule has 0 fully saturated rings. The van der Waals surface area contributed by atoms with Gasteiger partial charge in [-0.3, -0.25) is 14.2 Å². The molecule has 0 radical (unpaired) electrons. The molecule has 0 aliphatic rings. The van der Waals surface area contributed by atoms with Gasteiger partial charge in [-0.05, 0) is 59.2 Å². The highest BCUT2D eigenvalue weighted by molar-refractivity contribution is 7.99. The fourth-order valence-electron chi connectivity index (χ4n) is 3.76. The minimum Gasteiger partial charge on any atom is -0.322 e. The van der Waals surface area contributed by atoms with Crippen LogP contribution in [0.5, 0.6) is 0 Å². The number of rotatable bonds is 6. The van der Waals surface area contributed by atoms with Crippen molar-refractivity contribution >= 4 is 44.9 Å². The SMILES string of the molecule is CCn1c(SCC(=O)Nc2c(C)nn(-c3ccc(C)cc3)c2C)nc2sc(C)c(C)c2c1=O. The first-order valence-corrected chi connectivity index (χ1v) is 12.6. The molecule has 0 aliphatic carbocycles. The lowest BCUT2D eigenvalue weighted by molar-refractivity contribution is -0.113. The number of anilines is 1. The van der Waals surface area contributed by atoms with E-state index in [1.165, 1.54) is 28.7 Å². The average molecular weight is 482 g/mol. The Morgan fingerprint density at radius 1 is 1.12 bits per heavy atom. The summed E-state index contributed by atoms with van der Waals surface area (Å²) >= 11 is 2.80. The van der Waals surface area contributed by atoms with E-state index in [0.717, 1.165) is 32.3 Å². The van der Waals surface area contributed by atoms with Crippen LogP contribution in [0.1, 0.15) is 34.3 Å². The summed E-state index contributed by atoms with van der Waals surface area (Å²) in [6.45, 7) is 12.2. The van der Waals surface area contributed by atoms with Crippen LogP contribution in [0.15, 0.2) is 34.2 Å². The van der Waals surface area contributed by atoms with E-state index in [2.05, 4.69) is 10.4 Å². The molecule has 3 heterocycles. The van der Waals surface area contributed by atoms with Crippen molar-refractivity contribution in [1.29, 1.82) is 0 Å². The maximum atomic E-state index is 13.0. The fraction of sp³-hybridized carbons (Fsp3) is 0.333. The number of hydrogen-bond donors (Lipinski definition) is 1. The van der Waals surface area contributed by atoms with Gasteiger partial charge in [-0.25, -0.2) is 9.67 Å². The summed E-state index contributed by atoms with van der Waals surface area (Å²) in [7, 11) is 0. The standard InChI is InChI=1S/C24H27N5O2S2/c1-7-28-23(31)20-14(3)17(6)33-22(20)26-24(28)32-12-19(30)25-21-15(4)27-29(16(21)5)18-10-8-13(2)9-11-18/h8-11H,7,12H2,1-6H3,(H,25,30). The first-order chi connectivity index (χ1) is 15.7. The third kappa shape index (κ3) is 4.35. The van der Waals surface area contributed by atoms with Gasteiger partial charge in [0.2, 0.25) is 5.91 Å². The van der Waals surface area contributed by atoms with Crippen LogP contribution < -0.4 is 10.9 Å². The van der Waals surface area contributed by atoms with Crippen LogP contribution >= 0.6 is 23.1 Å². The van der Waals surface area contributed by atoms with Crippen LogP contribution in [0.2, 0.25) is 0 Å². The van der Waals surface area contributed by atoms with Crippen LogP contribution in [0.4, 0.5) is 5.69 Å². The van der Waals surface area contributed by atoms with Crippen molar-refractivity contribution in [3.8, 4) is 5.69 Å². The normalized spacial score (nSPS) is 11.3. The van der Waals surface area contributed by atoms with Gasteiger partial charge in [-0.2, -0.15) is 5.10 Å². The number of amides is 1. The summed E-state index contributed by atoms with van der Waals surface area (Å²) in [6.07, 6.45) is 0. The maximum Gasteiger partial charge on any atom is 0.263 e. The van der Waals surface area contributed by atoms with E-state index in [1.54, 1.807) is 4.57 Å². The second-order valence-corrected chi connectivity index (χ2v) is 10.2. The Bertz CT molecular complexity index is 1410. The topological polar surface area (TPSA) is 81.8 Å². The van der Waals surface area contributed by atoms with Crippen molar-refractivity contribution < 1.29 is 4.79 Å². The highest BCUT2D eigenvalue weighted by atomic mass is 32.2. The molecule has 33 heavy (non-hydrogen) atoms. The minimum atomic E-state index is -0.162. The minimum absolute atomic E-state index is 0.0432. The largest absolute Gasteiger partial charge is 0.322 e. The molecule has 1 N–H and O–H groups in total. The van der Waals surface area contributed by atoms with E-state index in [4.69, 9.17) is 4.98 Å². The number of fused-ring (bicyclic) bond motifs is 1. The van der Waals surface area contributed by atoms with Gasteiger partial charge in [0.15, 0.2) is 5.16 Å². The van der Waals surface area contributed by atoms with Gasteiger partial charge in [-0.1, -0.05) is 29.5 Å². The fourth-order valence-corrected chi connectivity index (χ4v) is 5.70. The molecule has 0 spiro atoms. The lowest BCUT2D eigenvalue weighted by atomic mass is 10.2. The highest BCUT2D eigenvalue weighted by Gasteiger charge is 2.19. The molecule has 1 aromatic carbocycles. The van der Waals surface area contributed by atoms with Crippen LogP contribution in [-0.4, -0.2) is 31.0 Å². The summed E-state index contributed by atoms with van der Waals surface area (Å²) in [4.78, 5) is 32.3. The zero-order valence-electron chi connectivity index (χ0n) is 19.6. The number of thioether (sulfide) groups is 1. The van der Waals surface area contributed by atoms with Gasteiger partial charge in [0.25, 0.3) is 5.56 Å². The smallest absolute Gasteiger partial charge is 0.263 e. The number of aryl methyl sites for hydroxylation is 4. The highest BCUT2D eigenvalue weighted by Crippen LogP contribution is 2.29. The van der Waals surface area contributed by atoms with Crippen LogP contribution in [-0.2, 0) is 11.3 Å². The quantitative estimate of drug-likeness (QED) is 0.312. The number of aromatic nitrogens is 4. The van der Waals surface area contributed by atoms with E-state index in [1.807, 2.05) is 70.5 Å². The average Bonchev–Trinajstić information content (AvgIpc) is 3.22. The molecular weight excluding hydrogens is 454 g/mol. The van der Waals surface area contributed by atoms with Crippen molar-refractivity contribution in [2.45, 2.75) is 53.2 Å². The predicted octanol–water partition coefficient (Wildman–Crippen LogP) is 4.94. The second-order valence-electron chi connectivity index (χ2n) is 8.04. The molecule has 0 aliphatic heterocycles. The lowest BCUT2D eigenvalue weighted by Gasteiger charge is -2.10. The van der Waals surface area contributed by atoms with Gasteiger partial charge in [-0.15, -0.1) is 11.3 Å². The zero-order chi connectivity index (χ0) is 23.9. The molecular formula is C24H27N5O2S2. The molecule has 4 aromatic rings. The summed E-state index contributed by atoms with van der Waals surface area (Å²) in [5.74, 6) is -0.0132. The van der Waals surface area contributed by atoms with Gasteiger partial charge in [0.1, 0.15) is 4.83 Å². The van der Waals surface area contributed by atoms with Crippen LogP contribution in [0, 0.1) is 34.6 Å². The third-order valence-electron chi connectivity index (χ3n) is 5.74. The molecule has 0 bridgehead atoms. The lowest BCUT2D eigenvalue weighted by Crippen LogP contribution is -2.23. The summed E-state index contributed by atoms with van der Waals surface area (Å²) in [5.41, 5.74) is 5.39. The maximum absolute atomic E-state index is 13.0. The summed E-state index contributed by atoms with van der Waals surface area (Å²) < 4.78 is 3.48. The Morgan fingerprint density at radius 3 is 2.48 bits per heavy atom. The molecule has 9 heteroatoms. The molecule has 3 aromatic heterocycles. The number of carbonyl (C=O) groups excluding carboxylic acids is 1. The molecule has 0 unspecified atom stereocenters. The number of hydrogen-bond acceptors (Lipinski definition) is 6. The molecule has 0 saturated heterocycles. The van der Waals surface area contributed by atoms with Crippen LogP contribution in [0.3, 0.4) is 0 Å². The predicted molar refractivity (Wildman–Crippen MR) is 136 cm³/mol. The van der Waals surface area contributed by atoms with E-state index < -0.39 is 0 Å². The Hall–Kier alpha value is -2.91. The Morgan fingerprint density at radius 2 is 1.82 bits per heavy atom. The summed E-state index contributed by atoms with van der Waals surface area (Å²) in [5, 5.41) is 8.85. The third-order valence-corrected chi connectivity index (χ3v) is 7.81. The number of benzene rings is 1. The van der Waals surface area contributed by atoms with Gasteiger partial charge in [0.05, 0.1) is 33.9 Å². The van der Waals surface area contributed by atoms with Crippen molar-refractivity contribution in [2.24, 2.45) is 0 Å². The van der Waals surface area contributed by atoms with E-state index in [0.29, 0.717) is 22.8 Å². The monoisotopic (exact) mass is 481 g/mol. The summed E-state index contributed by atoms with van der Waals surface area (Å²) in [6, 6.07) is 8.09. The van der Waals surface area contributed by atoms with Crippen LogP contribution in [0.25, 0.3) is 15.9 Å². The van der Waals surface area contributed by atoms with Crippen molar-refractivity contribution in [2.75, 3.05) is 11.1 Å². The number of thiophene rings is 1. The molecule has 0 atom stereocenters. The molecule has 4 rings (SSSR count). The Kier molecular flexibility index (Phi) is 6.45. The molecule has 0 saturated carbocycles. The van der Waals surface area contributed by atoms with E-state index >= 15 is 0 Å². The van der Waals surface area contributed by atoms with E-state index in [-0.39, 0.29) is 17.2 Å².